The summed E-state index contributed by atoms with van der Waals surface area (Å²) in [5, 5.41) is 11.1. The molecule has 0 radical (unpaired) electrons. The van der Waals surface area contributed by atoms with Gasteiger partial charge in [-0.25, -0.2) is 4.68 Å². The van der Waals surface area contributed by atoms with Crippen molar-refractivity contribution in [2.75, 3.05) is 19.8 Å². The molecule has 0 fully saturated rings. The zero-order valence-electron chi connectivity index (χ0n) is 14.6. The molecule has 0 aliphatic rings. The number of nitrogens with one attached hydrogen (secondary N) is 2. The SMILES string of the molecule is CN=C(NCc1cnn(-c2ccccc2)c1)NCC(C)(C)SC.I. The molecule has 2 rings (SSSR count). The molecule has 0 amide bonds. The lowest BCUT2D eigenvalue weighted by Crippen LogP contribution is -2.42. The zero-order chi connectivity index (χ0) is 16.7. The van der Waals surface area contributed by atoms with Gasteiger partial charge in [0, 0.05) is 36.6 Å². The Morgan fingerprint density at radius 2 is 1.96 bits per heavy atom. The number of guanidine groups is 1. The van der Waals surface area contributed by atoms with E-state index in [2.05, 4.69) is 40.8 Å². The second kappa shape index (κ2) is 9.93. The van der Waals surface area contributed by atoms with Crippen LogP contribution in [0.25, 0.3) is 5.69 Å². The second-order valence-electron chi connectivity index (χ2n) is 5.87. The predicted octanol–water partition coefficient (Wildman–Crippen LogP) is 3.30. The van der Waals surface area contributed by atoms with Crippen LogP contribution in [-0.4, -0.2) is 40.3 Å². The van der Waals surface area contributed by atoms with Crippen LogP contribution in [0, 0.1) is 0 Å². The molecule has 0 atom stereocenters. The molecule has 2 aromatic rings. The number of hydrogen-bond donors (Lipinski definition) is 2. The van der Waals surface area contributed by atoms with Crippen LogP contribution in [0.3, 0.4) is 0 Å². The maximum Gasteiger partial charge on any atom is 0.191 e. The molecule has 5 nitrogen and oxygen atoms in total. The molecule has 1 heterocycles. The Hall–Kier alpha value is -1.22. The third-order valence-electron chi connectivity index (χ3n) is 3.57. The fraction of sp³-hybridized carbons (Fsp3) is 0.412. The lowest BCUT2D eigenvalue weighted by Gasteiger charge is -2.23. The average molecular weight is 459 g/mol. The van der Waals surface area contributed by atoms with E-state index in [0.717, 1.165) is 23.8 Å². The highest BCUT2D eigenvalue weighted by Crippen LogP contribution is 2.19. The largest absolute Gasteiger partial charge is 0.355 e. The van der Waals surface area contributed by atoms with Gasteiger partial charge >= 0.3 is 0 Å². The summed E-state index contributed by atoms with van der Waals surface area (Å²) in [5.74, 6) is 0.805. The van der Waals surface area contributed by atoms with Crippen molar-refractivity contribution in [1.82, 2.24) is 20.4 Å². The number of hydrogen-bond acceptors (Lipinski definition) is 3. The van der Waals surface area contributed by atoms with Gasteiger partial charge < -0.3 is 10.6 Å². The monoisotopic (exact) mass is 459 g/mol. The van der Waals surface area contributed by atoms with Crippen molar-refractivity contribution in [1.29, 1.82) is 0 Å². The second-order valence-corrected chi connectivity index (χ2v) is 7.39. The summed E-state index contributed by atoms with van der Waals surface area (Å²) in [4.78, 5) is 4.26. The molecule has 1 aromatic heterocycles. The molecule has 0 aliphatic carbocycles. The van der Waals surface area contributed by atoms with E-state index >= 15 is 0 Å². The summed E-state index contributed by atoms with van der Waals surface area (Å²) in [6, 6.07) is 10.1. The van der Waals surface area contributed by atoms with Gasteiger partial charge in [0.15, 0.2) is 5.96 Å². The fourth-order valence-electron chi connectivity index (χ4n) is 1.95. The molecule has 1 aromatic carbocycles. The van der Waals surface area contributed by atoms with Gasteiger partial charge in [-0.3, -0.25) is 4.99 Å². The minimum Gasteiger partial charge on any atom is -0.355 e. The fourth-order valence-corrected chi connectivity index (χ4v) is 2.16. The van der Waals surface area contributed by atoms with Gasteiger partial charge in [-0.2, -0.15) is 16.9 Å². The summed E-state index contributed by atoms with van der Waals surface area (Å²) in [5.41, 5.74) is 2.17. The van der Waals surface area contributed by atoms with Crippen LogP contribution in [0.4, 0.5) is 0 Å². The Balaban J connectivity index is 0.00000288. The molecule has 7 heteroatoms. The Morgan fingerprint density at radius 3 is 2.58 bits per heavy atom. The highest BCUT2D eigenvalue weighted by molar-refractivity contribution is 14.0. The average Bonchev–Trinajstić information content (AvgIpc) is 3.05. The van der Waals surface area contributed by atoms with Gasteiger partial charge in [-0.05, 0) is 32.2 Å². The molecule has 0 aliphatic heterocycles. The molecule has 0 saturated heterocycles. The molecule has 0 saturated carbocycles. The quantitative estimate of drug-likeness (QED) is 0.396. The normalized spacial score (nSPS) is 11.8. The smallest absolute Gasteiger partial charge is 0.191 e. The van der Waals surface area contributed by atoms with E-state index in [4.69, 9.17) is 0 Å². The first kappa shape index (κ1) is 20.8. The van der Waals surface area contributed by atoms with E-state index in [0.29, 0.717) is 6.54 Å². The Labute approximate surface area is 165 Å². The summed E-state index contributed by atoms with van der Waals surface area (Å²) >= 11 is 1.84. The Bertz CT molecular complexity index is 639. The Morgan fingerprint density at radius 1 is 1.25 bits per heavy atom. The third kappa shape index (κ3) is 6.35. The van der Waals surface area contributed by atoms with E-state index in [1.54, 1.807) is 7.05 Å². The summed E-state index contributed by atoms with van der Waals surface area (Å²) in [6.45, 7) is 5.97. The minimum atomic E-state index is 0. The van der Waals surface area contributed by atoms with Crippen molar-refractivity contribution in [3.63, 3.8) is 0 Å². The van der Waals surface area contributed by atoms with Crippen molar-refractivity contribution in [3.8, 4) is 5.69 Å². The minimum absolute atomic E-state index is 0. The number of thioether (sulfide) groups is 1. The first-order valence-electron chi connectivity index (χ1n) is 7.63. The molecule has 0 bridgehead atoms. The van der Waals surface area contributed by atoms with Crippen LogP contribution in [0.15, 0.2) is 47.7 Å². The maximum absolute atomic E-state index is 4.40. The summed E-state index contributed by atoms with van der Waals surface area (Å²) < 4.78 is 2.06. The molecule has 0 unspecified atom stereocenters. The van der Waals surface area contributed by atoms with Crippen LogP contribution in [0.1, 0.15) is 19.4 Å². The molecule has 0 spiro atoms. The van der Waals surface area contributed by atoms with Gasteiger partial charge in [-0.15, -0.1) is 24.0 Å². The van der Waals surface area contributed by atoms with Crippen LogP contribution in [0.2, 0.25) is 0 Å². The van der Waals surface area contributed by atoms with Crippen molar-refractivity contribution < 1.29 is 0 Å². The maximum atomic E-state index is 4.40. The van der Waals surface area contributed by atoms with Gasteiger partial charge in [-0.1, -0.05) is 18.2 Å². The Kier molecular flexibility index (Phi) is 8.61. The number of rotatable bonds is 6. The number of aromatic nitrogens is 2. The molecule has 132 valence electrons. The summed E-state index contributed by atoms with van der Waals surface area (Å²) in [7, 11) is 1.79. The van der Waals surface area contributed by atoms with Gasteiger partial charge in [0.2, 0.25) is 0 Å². The number of benzene rings is 1. The van der Waals surface area contributed by atoms with E-state index in [1.807, 2.05) is 59.2 Å². The van der Waals surface area contributed by atoms with E-state index in [-0.39, 0.29) is 28.7 Å². The third-order valence-corrected chi connectivity index (χ3v) is 4.82. The molecular formula is C17H26IN5S. The standard InChI is InChI=1S/C17H25N5S.HI/c1-17(2,23-4)13-20-16(18-3)19-10-14-11-21-22(12-14)15-8-6-5-7-9-15;/h5-9,11-12H,10,13H2,1-4H3,(H2,18,19,20);1H. The molecule has 24 heavy (non-hydrogen) atoms. The summed E-state index contributed by atoms with van der Waals surface area (Å²) in [6.07, 6.45) is 6.02. The molecule has 2 N–H and O–H groups in total. The predicted molar refractivity (Wildman–Crippen MR) is 115 cm³/mol. The van der Waals surface area contributed by atoms with E-state index in [9.17, 15) is 0 Å². The van der Waals surface area contributed by atoms with Crippen LogP contribution in [0.5, 0.6) is 0 Å². The highest BCUT2D eigenvalue weighted by atomic mass is 127. The van der Waals surface area contributed by atoms with Crippen LogP contribution >= 0.6 is 35.7 Å². The van der Waals surface area contributed by atoms with Crippen molar-refractivity contribution >= 4 is 41.7 Å². The lowest BCUT2D eigenvalue weighted by molar-refractivity contribution is 0.664. The lowest BCUT2D eigenvalue weighted by atomic mass is 10.2. The highest BCUT2D eigenvalue weighted by Gasteiger charge is 2.16. The van der Waals surface area contributed by atoms with Crippen LogP contribution < -0.4 is 10.6 Å². The first-order chi connectivity index (χ1) is 11.0. The zero-order valence-corrected chi connectivity index (χ0v) is 17.8. The number of halogens is 1. The molecular weight excluding hydrogens is 433 g/mol. The van der Waals surface area contributed by atoms with Gasteiger partial charge in [0.1, 0.15) is 0 Å². The van der Waals surface area contributed by atoms with Crippen molar-refractivity contribution in [2.45, 2.75) is 25.1 Å². The van der Waals surface area contributed by atoms with Crippen molar-refractivity contribution in [2.24, 2.45) is 4.99 Å². The van der Waals surface area contributed by atoms with Gasteiger partial charge in [0.25, 0.3) is 0 Å². The topological polar surface area (TPSA) is 54.2 Å². The van der Waals surface area contributed by atoms with E-state index < -0.39 is 0 Å². The van der Waals surface area contributed by atoms with Crippen molar-refractivity contribution in [3.05, 3.63) is 48.3 Å². The number of para-hydroxylation sites is 1. The number of aliphatic imine (C=N–C) groups is 1. The number of nitrogens with zero attached hydrogens (tertiary/aromatic N) is 3. The first-order valence-corrected chi connectivity index (χ1v) is 8.85. The van der Waals surface area contributed by atoms with Crippen LogP contribution in [-0.2, 0) is 6.54 Å². The van der Waals surface area contributed by atoms with Gasteiger partial charge in [0.05, 0.1) is 11.9 Å². The van der Waals surface area contributed by atoms with E-state index in [1.165, 1.54) is 0 Å².